The van der Waals surface area contributed by atoms with Crippen LogP contribution in [0.3, 0.4) is 0 Å². The van der Waals surface area contributed by atoms with Crippen LogP contribution in [0, 0.1) is 6.92 Å². The van der Waals surface area contributed by atoms with Crippen LogP contribution in [0.25, 0.3) is 0 Å². The molecule has 3 nitrogen and oxygen atoms in total. The third-order valence-electron chi connectivity index (χ3n) is 3.24. The minimum Gasteiger partial charge on any atom is -0.375 e. The fourth-order valence-electron chi connectivity index (χ4n) is 2.06. The number of carbonyl (C=O) groups excluding carboxylic acids is 1. The molecule has 0 spiro atoms. The molecule has 2 rings (SSSR count). The molecule has 110 valence electrons. The van der Waals surface area contributed by atoms with Crippen molar-refractivity contribution in [2.24, 2.45) is 0 Å². The van der Waals surface area contributed by atoms with E-state index in [-0.39, 0.29) is 18.5 Å². The summed E-state index contributed by atoms with van der Waals surface area (Å²) >= 11 is 3.49. The standard InChI is InChI=1S/C17H19BrN2O/c1-12-8-9-16(15(18)10-12)19-11-17(21)20-13(2)14-6-4-3-5-7-14/h3-10,13,19H,11H2,1-2H3,(H,20,21). The molecule has 0 aromatic heterocycles. The zero-order chi connectivity index (χ0) is 15.2. The van der Waals surface area contributed by atoms with Gasteiger partial charge in [-0.25, -0.2) is 0 Å². The maximum atomic E-state index is 12.0. The summed E-state index contributed by atoms with van der Waals surface area (Å²) in [7, 11) is 0. The van der Waals surface area contributed by atoms with Crippen molar-refractivity contribution in [3.63, 3.8) is 0 Å². The first-order valence-electron chi connectivity index (χ1n) is 6.90. The van der Waals surface area contributed by atoms with Gasteiger partial charge >= 0.3 is 0 Å². The van der Waals surface area contributed by atoms with Crippen molar-refractivity contribution in [1.29, 1.82) is 0 Å². The van der Waals surface area contributed by atoms with E-state index in [1.165, 1.54) is 5.56 Å². The van der Waals surface area contributed by atoms with Crippen molar-refractivity contribution in [2.45, 2.75) is 19.9 Å². The quantitative estimate of drug-likeness (QED) is 0.857. The van der Waals surface area contributed by atoms with Crippen molar-refractivity contribution in [3.8, 4) is 0 Å². The molecule has 0 bridgehead atoms. The highest BCUT2D eigenvalue weighted by Crippen LogP contribution is 2.23. The van der Waals surface area contributed by atoms with Gasteiger partial charge in [-0.3, -0.25) is 4.79 Å². The second-order valence-corrected chi connectivity index (χ2v) is 5.89. The summed E-state index contributed by atoms with van der Waals surface area (Å²) in [4.78, 5) is 12.0. The van der Waals surface area contributed by atoms with Crippen LogP contribution in [0.5, 0.6) is 0 Å². The van der Waals surface area contributed by atoms with E-state index in [1.54, 1.807) is 0 Å². The Labute approximate surface area is 133 Å². The van der Waals surface area contributed by atoms with Gasteiger partial charge in [0.25, 0.3) is 0 Å². The Hall–Kier alpha value is -1.81. The highest BCUT2D eigenvalue weighted by molar-refractivity contribution is 9.10. The van der Waals surface area contributed by atoms with Crippen LogP contribution in [0.4, 0.5) is 5.69 Å². The molecule has 0 radical (unpaired) electrons. The smallest absolute Gasteiger partial charge is 0.239 e. The van der Waals surface area contributed by atoms with Crippen LogP contribution in [0.1, 0.15) is 24.1 Å². The lowest BCUT2D eigenvalue weighted by atomic mass is 10.1. The van der Waals surface area contributed by atoms with Gasteiger partial charge in [-0.1, -0.05) is 36.4 Å². The van der Waals surface area contributed by atoms with E-state index < -0.39 is 0 Å². The number of nitrogens with one attached hydrogen (secondary N) is 2. The highest BCUT2D eigenvalue weighted by atomic mass is 79.9. The first-order chi connectivity index (χ1) is 10.1. The normalized spacial score (nSPS) is 11.8. The molecular weight excluding hydrogens is 328 g/mol. The van der Waals surface area contributed by atoms with Crippen molar-refractivity contribution in [3.05, 3.63) is 64.1 Å². The van der Waals surface area contributed by atoms with Gasteiger partial charge in [0.05, 0.1) is 12.6 Å². The second-order valence-electron chi connectivity index (χ2n) is 5.04. The maximum absolute atomic E-state index is 12.0. The largest absolute Gasteiger partial charge is 0.375 e. The van der Waals surface area contributed by atoms with Gasteiger partial charge in [0, 0.05) is 10.2 Å². The third-order valence-corrected chi connectivity index (χ3v) is 3.90. The molecular formula is C17H19BrN2O. The number of hydrogen-bond acceptors (Lipinski definition) is 2. The number of carbonyl (C=O) groups is 1. The Morgan fingerprint density at radius 2 is 1.90 bits per heavy atom. The molecule has 2 aromatic rings. The van der Waals surface area contributed by atoms with Gasteiger partial charge < -0.3 is 10.6 Å². The number of rotatable bonds is 5. The number of halogens is 1. The van der Waals surface area contributed by atoms with E-state index in [2.05, 4.69) is 26.6 Å². The molecule has 1 unspecified atom stereocenters. The molecule has 1 amide bonds. The van der Waals surface area contributed by atoms with Crippen LogP contribution in [0.2, 0.25) is 0 Å². The van der Waals surface area contributed by atoms with Gasteiger partial charge in [0.2, 0.25) is 5.91 Å². The van der Waals surface area contributed by atoms with Crippen molar-refractivity contribution < 1.29 is 4.79 Å². The Balaban J connectivity index is 1.87. The minimum absolute atomic E-state index is 0.00181. The Kier molecular flexibility index (Phi) is 5.39. The zero-order valence-corrected chi connectivity index (χ0v) is 13.8. The van der Waals surface area contributed by atoms with Crippen LogP contribution in [0.15, 0.2) is 53.0 Å². The molecule has 21 heavy (non-hydrogen) atoms. The maximum Gasteiger partial charge on any atom is 0.239 e. The highest BCUT2D eigenvalue weighted by Gasteiger charge is 2.09. The Morgan fingerprint density at radius 1 is 1.19 bits per heavy atom. The number of amides is 1. The predicted molar refractivity (Wildman–Crippen MR) is 90.4 cm³/mol. The summed E-state index contributed by atoms with van der Waals surface area (Å²) in [6.45, 7) is 4.26. The first kappa shape index (κ1) is 15.6. The molecule has 0 heterocycles. The second kappa shape index (κ2) is 7.27. The zero-order valence-electron chi connectivity index (χ0n) is 12.2. The van der Waals surface area contributed by atoms with Crippen molar-refractivity contribution in [2.75, 3.05) is 11.9 Å². The summed E-state index contributed by atoms with van der Waals surface area (Å²) < 4.78 is 0.964. The molecule has 0 saturated carbocycles. The third kappa shape index (κ3) is 4.60. The summed E-state index contributed by atoms with van der Waals surface area (Å²) in [6.07, 6.45) is 0. The van der Waals surface area contributed by atoms with E-state index >= 15 is 0 Å². The lowest BCUT2D eigenvalue weighted by molar-refractivity contribution is -0.120. The van der Waals surface area contributed by atoms with E-state index in [0.717, 1.165) is 15.7 Å². The minimum atomic E-state index is -0.0289. The van der Waals surface area contributed by atoms with Crippen LogP contribution < -0.4 is 10.6 Å². The molecule has 0 saturated heterocycles. The molecule has 0 aliphatic carbocycles. The summed E-state index contributed by atoms with van der Waals surface area (Å²) in [5.41, 5.74) is 3.19. The van der Waals surface area contributed by atoms with Gasteiger partial charge in [-0.2, -0.15) is 0 Å². The van der Waals surface area contributed by atoms with E-state index in [9.17, 15) is 4.79 Å². The van der Waals surface area contributed by atoms with Crippen LogP contribution >= 0.6 is 15.9 Å². The number of anilines is 1. The average molecular weight is 347 g/mol. The van der Waals surface area contributed by atoms with Gasteiger partial charge in [0.15, 0.2) is 0 Å². The van der Waals surface area contributed by atoms with E-state index in [4.69, 9.17) is 0 Å². The number of benzene rings is 2. The predicted octanol–water partition coefficient (Wildman–Crippen LogP) is 4.05. The van der Waals surface area contributed by atoms with Gasteiger partial charge in [-0.05, 0) is 53.0 Å². The molecule has 4 heteroatoms. The van der Waals surface area contributed by atoms with E-state index in [0.29, 0.717) is 0 Å². The monoisotopic (exact) mass is 346 g/mol. The van der Waals surface area contributed by atoms with Crippen molar-refractivity contribution in [1.82, 2.24) is 5.32 Å². The molecule has 2 aromatic carbocycles. The lowest BCUT2D eigenvalue weighted by Crippen LogP contribution is -2.32. The van der Waals surface area contributed by atoms with Crippen molar-refractivity contribution >= 4 is 27.5 Å². The van der Waals surface area contributed by atoms with Gasteiger partial charge in [-0.15, -0.1) is 0 Å². The lowest BCUT2D eigenvalue weighted by Gasteiger charge is -2.15. The van der Waals surface area contributed by atoms with Gasteiger partial charge in [0.1, 0.15) is 0 Å². The number of aryl methyl sites for hydroxylation is 1. The topological polar surface area (TPSA) is 41.1 Å². The number of hydrogen-bond donors (Lipinski definition) is 2. The van der Waals surface area contributed by atoms with Crippen LogP contribution in [-0.2, 0) is 4.79 Å². The Morgan fingerprint density at radius 3 is 2.57 bits per heavy atom. The summed E-state index contributed by atoms with van der Waals surface area (Å²) in [5.74, 6) is -0.0289. The molecule has 1 atom stereocenters. The SMILES string of the molecule is Cc1ccc(NCC(=O)NC(C)c2ccccc2)c(Br)c1. The van der Waals surface area contributed by atoms with Crippen LogP contribution in [-0.4, -0.2) is 12.5 Å². The fourth-order valence-corrected chi connectivity index (χ4v) is 2.69. The fraction of sp³-hybridized carbons (Fsp3) is 0.235. The molecule has 0 fully saturated rings. The average Bonchev–Trinajstić information content (AvgIpc) is 2.47. The Bertz CT molecular complexity index is 613. The summed E-state index contributed by atoms with van der Waals surface area (Å²) in [6, 6.07) is 15.9. The summed E-state index contributed by atoms with van der Waals surface area (Å²) in [5, 5.41) is 6.12. The molecule has 0 aliphatic rings. The molecule has 2 N–H and O–H groups in total. The van der Waals surface area contributed by atoms with E-state index in [1.807, 2.05) is 62.4 Å². The molecule has 0 aliphatic heterocycles. The first-order valence-corrected chi connectivity index (χ1v) is 7.70.